The molecular formula is C16H22F3N3O. The van der Waals surface area contributed by atoms with Crippen LogP contribution in [0.4, 0.5) is 18.0 Å². The number of nitrogens with zero attached hydrogens (tertiary/aromatic N) is 1. The van der Waals surface area contributed by atoms with Crippen LogP contribution in [0.3, 0.4) is 0 Å². The van der Waals surface area contributed by atoms with E-state index in [-0.39, 0.29) is 12.0 Å². The molecule has 2 amide bonds. The van der Waals surface area contributed by atoms with Crippen LogP contribution in [0.5, 0.6) is 0 Å². The van der Waals surface area contributed by atoms with Gasteiger partial charge in [0.2, 0.25) is 0 Å². The zero-order chi connectivity index (χ0) is 16.9. The van der Waals surface area contributed by atoms with Crippen LogP contribution >= 0.6 is 0 Å². The fourth-order valence-corrected chi connectivity index (χ4v) is 2.76. The number of carbonyl (C=O) groups is 1. The van der Waals surface area contributed by atoms with Gasteiger partial charge in [0.15, 0.2) is 0 Å². The van der Waals surface area contributed by atoms with Gasteiger partial charge < -0.3 is 10.6 Å². The molecule has 0 aromatic heterocycles. The van der Waals surface area contributed by atoms with Crippen molar-refractivity contribution < 1.29 is 18.0 Å². The van der Waals surface area contributed by atoms with Crippen LogP contribution in [0, 0.1) is 5.92 Å². The number of rotatable bonds is 5. The van der Waals surface area contributed by atoms with Gasteiger partial charge >= 0.3 is 12.2 Å². The van der Waals surface area contributed by atoms with Crippen LogP contribution in [-0.2, 0) is 6.54 Å². The number of nitrogens with one attached hydrogen (secondary N) is 2. The Kier molecular flexibility index (Phi) is 5.87. The van der Waals surface area contributed by atoms with Crippen molar-refractivity contribution in [2.75, 3.05) is 19.6 Å². The molecule has 1 fully saturated rings. The highest BCUT2D eigenvalue weighted by molar-refractivity contribution is 5.74. The molecule has 7 heteroatoms. The van der Waals surface area contributed by atoms with E-state index in [4.69, 9.17) is 0 Å². The second-order valence-corrected chi connectivity index (χ2v) is 6.03. The van der Waals surface area contributed by atoms with Gasteiger partial charge in [0.25, 0.3) is 0 Å². The van der Waals surface area contributed by atoms with E-state index in [9.17, 15) is 18.0 Å². The van der Waals surface area contributed by atoms with Crippen LogP contribution in [0.15, 0.2) is 30.3 Å². The average Bonchev–Trinajstić information content (AvgIpc) is 2.78. The molecule has 0 aliphatic carbocycles. The number of amides is 2. The second-order valence-electron chi connectivity index (χ2n) is 6.03. The zero-order valence-electron chi connectivity index (χ0n) is 13.1. The van der Waals surface area contributed by atoms with Gasteiger partial charge in [-0.15, -0.1) is 0 Å². The molecule has 2 rings (SSSR count). The third-order valence-electron chi connectivity index (χ3n) is 3.95. The van der Waals surface area contributed by atoms with Gasteiger partial charge in [0.1, 0.15) is 0 Å². The van der Waals surface area contributed by atoms with E-state index < -0.39 is 25.2 Å². The van der Waals surface area contributed by atoms with Crippen LogP contribution in [-0.4, -0.2) is 42.8 Å². The van der Waals surface area contributed by atoms with Crippen LogP contribution in [0.2, 0.25) is 0 Å². The normalized spacial score (nSPS) is 22.1. The number of benzene rings is 1. The Hall–Kier alpha value is -1.76. The maximum absolute atomic E-state index is 12.1. The van der Waals surface area contributed by atoms with Crippen molar-refractivity contribution >= 4 is 6.03 Å². The molecule has 0 unspecified atom stereocenters. The minimum absolute atomic E-state index is 0.0513. The SMILES string of the molecule is C[C@H]1CN(Cc2ccccc2)C[C@@H]1NC(=O)NCCC(F)(F)F. The molecular weight excluding hydrogens is 307 g/mol. The molecule has 2 N–H and O–H groups in total. The summed E-state index contributed by atoms with van der Waals surface area (Å²) in [6.45, 7) is 3.99. The molecule has 4 nitrogen and oxygen atoms in total. The third kappa shape index (κ3) is 6.09. The first-order valence-electron chi connectivity index (χ1n) is 7.71. The number of alkyl halides is 3. The van der Waals surface area contributed by atoms with Crippen LogP contribution in [0.25, 0.3) is 0 Å². The molecule has 1 aliphatic rings. The molecule has 0 bridgehead atoms. The number of likely N-dealkylation sites (tertiary alicyclic amines) is 1. The van der Waals surface area contributed by atoms with Crippen molar-refractivity contribution in [3.8, 4) is 0 Å². The van der Waals surface area contributed by atoms with Gasteiger partial charge in [-0.25, -0.2) is 4.79 Å². The van der Waals surface area contributed by atoms with Crippen molar-refractivity contribution in [3.05, 3.63) is 35.9 Å². The summed E-state index contributed by atoms with van der Waals surface area (Å²) in [5, 5.41) is 5.03. The Morgan fingerprint density at radius 2 is 1.96 bits per heavy atom. The summed E-state index contributed by atoms with van der Waals surface area (Å²) in [6.07, 6.45) is -5.26. The summed E-state index contributed by atoms with van der Waals surface area (Å²) in [4.78, 5) is 13.9. The summed E-state index contributed by atoms with van der Waals surface area (Å²) in [5.74, 6) is 0.257. The lowest BCUT2D eigenvalue weighted by molar-refractivity contribution is -0.132. The minimum Gasteiger partial charge on any atom is -0.338 e. The fraction of sp³-hybridized carbons (Fsp3) is 0.562. The average molecular weight is 329 g/mol. The maximum Gasteiger partial charge on any atom is 0.390 e. The quantitative estimate of drug-likeness (QED) is 0.872. The molecule has 23 heavy (non-hydrogen) atoms. The van der Waals surface area contributed by atoms with E-state index in [1.165, 1.54) is 5.56 Å². The van der Waals surface area contributed by atoms with Crippen molar-refractivity contribution in [1.29, 1.82) is 0 Å². The monoisotopic (exact) mass is 329 g/mol. The van der Waals surface area contributed by atoms with E-state index in [0.717, 1.165) is 13.1 Å². The lowest BCUT2D eigenvalue weighted by Gasteiger charge is -2.18. The fourth-order valence-electron chi connectivity index (χ4n) is 2.76. The van der Waals surface area contributed by atoms with Gasteiger partial charge in [0.05, 0.1) is 6.42 Å². The lowest BCUT2D eigenvalue weighted by atomic mass is 10.1. The molecule has 0 spiro atoms. The number of halogens is 3. The summed E-state index contributed by atoms with van der Waals surface area (Å²) in [7, 11) is 0. The summed E-state index contributed by atoms with van der Waals surface area (Å²) < 4.78 is 36.2. The van der Waals surface area contributed by atoms with Crippen molar-refractivity contribution in [2.45, 2.75) is 32.1 Å². The first-order valence-corrected chi connectivity index (χ1v) is 7.71. The highest BCUT2D eigenvalue weighted by Crippen LogP contribution is 2.19. The van der Waals surface area contributed by atoms with Gasteiger partial charge in [-0.1, -0.05) is 37.3 Å². The highest BCUT2D eigenvalue weighted by atomic mass is 19.4. The van der Waals surface area contributed by atoms with E-state index in [1.54, 1.807) is 0 Å². The van der Waals surface area contributed by atoms with E-state index >= 15 is 0 Å². The predicted molar refractivity (Wildman–Crippen MR) is 81.9 cm³/mol. The van der Waals surface area contributed by atoms with Crippen LogP contribution < -0.4 is 10.6 Å². The summed E-state index contributed by atoms with van der Waals surface area (Å²) >= 11 is 0. The third-order valence-corrected chi connectivity index (χ3v) is 3.95. The maximum atomic E-state index is 12.1. The Morgan fingerprint density at radius 3 is 2.61 bits per heavy atom. The first kappa shape index (κ1) is 17.6. The molecule has 0 saturated carbocycles. The predicted octanol–water partition coefficient (Wildman–Crippen LogP) is 2.76. The standard InChI is InChI=1S/C16H22F3N3O/c1-12-9-22(10-13-5-3-2-4-6-13)11-14(12)21-15(23)20-8-7-16(17,18)19/h2-6,12,14H,7-11H2,1H3,(H2,20,21,23)/t12-,14-/m0/s1. The first-order chi connectivity index (χ1) is 10.8. The number of carbonyl (C=O) groups excluding carboxylic acids is 1. The van der Waals surface area contributed by atoms with E-state index in [0.29, 0.717) is 6.54 Å². The number of urea groups is 1. The van der Waals surface area contributed by atoms with Gasteiger partial charge in [-0.2, -0.15) is 13.2 Å². The minimum atomic E-state index is -4.25. The van der Waals surface area contributed by atoms with Gasteiger partial charge in [-0.3, -0.25) is 4.90 Å². The Bertz CT molecular complexity index is 507. The molecule has 0 radical (unpaired) electrons. The van der Waals surface area contributed by atoms with E-state index in [2.05, 4.69) is 27.7 Å². The van der Waals surface area contributed by atoms with E-state index in [1.807, 2.05) is 25.1 Å². The van der Waals surface area contributed by atoms with Gasteiger partial charge in [-0.05, 0) is 11.5 Å². The molecule has 1 aliphatic heterocycles. The largest absolute Gasteiger partial charge is 0.390 e. The van der Waals surface area contributed by atoms with Crippen molar-refractivity contribution in [3.63, 3.8) is 0 Å². The number of hydrogen-bond acceptors (Lipinski definition) is 2. The second kappa shape index (κ2) is 7.68. The molecule has 1 aromatic rings. The Labute approximate surface area is 134 Å². The van der Waals surface area contributed by atoms with Crippen LogP contribution in [0.1, 0.15) is 18.9 Å². The zero-order valence-corrected chi connectivity index (χ0v) is 13.1. The number of hydrogen-bond donors (Lipinski definition) is 2. The Balaban J connectivity index is 1.74. The molecule has 128 valence electrons. The Morgan fingerprint density at radius 1 is 1.26 bits per heavy atom. The summed E-state index contributed by atoms with van der Waals surface area (Å²) in [6, 6.07) is 9.45. The molecule has 2 atom stereocenters. The molecule has 1 saturated heterocycles. The van der Waals surface area contributed by atoms with Crippen molar-refractivity contribution in [1.82, 2.24) is 15.5 Å². The van der Waals surface area contributed by atoms with Gasteiger partial charge in [0, 0.05) is 32.2 Å². The molecule has 1 heterocycles. The summed E-state index contributed by atoms with van der Waals surface area (Å²) in [5.41, 5.74) is 1.20. The molecule has 1 aromatic carbocycles. The highest BCUT2D eigenvalue weighted by Gasteiger charge is 2.31. The lowest BCUT2D eigenvalue weighted by Crippen LogP contribution is -2.46. The van der Waals surface area contributed by atoms with Crippen molar-refractivity contribution in [2.24, 2.45) is 5.92 Å². The topological polar surface area (TPSA) is 44.4 Å². The smallest absolute Gasteiger partial charge is 0.338 e.